The number of carbonyl (C=O) groups is 3. The number of ketones is 2. The molecule has 0 bridgehead atoms. The van der Waals surface area contributed by atoms with Gasteiger partial charge in [-0.2, -0.15) is 0 Å². The fourth-order valence-electron chi connectivity index (χ4n) is 6.40. The number of rotatable bonds is 4. The molecule has 8 nitrogen and oxygen atoms in total. The Hall–Kier alpha value is -4.59. The van der Waals surface area contributed by atoms with E-state index in [1.54, 1.807) is 12.1 Å². The Labute approximate surface area is 212 Å². The molecule has 3 heterocycles. The number of non-ortho nitro benzene ring substituents is 1. The zero-order valence-corrected chi connectivity index (χ0v) is 20.2. The number of hydrogen-bond acceptors (Lipinski definition) is 6. The molecule has 6 rings (SSSR count). The summed E-state index contributed by atoms with van der Waals surface area (Å²) in [6, 6.07) is 17.0. The van der Waals surface area contributed by atoms with Crippen molar-refractivity contribution >= 4 is 40.6 Å². The van der Waals surface area contributed by atoms with E-state index in [1.807, 2.05) is 54.3 Å². The lowest BCUT2D eigenvalue weighted by Gasteiger charge is -2.37. The molecule has 3 aliphatic rings. The van der Waals surface area contributed by atoms with Crippen LogP contribution in [0.2, 0.25) is 0 Å². The van der Waals surface area contributed by atoms with E-state index in [9.17, 15) is 24.5 Å². The van der Waals surface area contributed by atoms with Crippen LogP contribution in [0.1, 0.15) is 34.0 Å². The van der Waals surface area contributed by atoms with Gasteiger partial charge in [-0.3, -0.25) is 24.5 Å². The monoisotopic (exact) mass is 493 g/mol. The van der Waals surface area contributed by atoms with Gasteiger partial charge in [-0.1, -0.05) is 54.1 Å². The van der Waals surface area contributed by atoms with Crippen LogP contribution in [0, 0.1) is 23.0 Å². The van der Waals surface area contributed by atoms with E-state index in [2.05, 4.69) is 5.32 Å². The molecule has 37 heavy (non-hydrogen) atoms. The summed E-state index contributed by atoms with van der Waals surface area (Å²) in [6.07, 6.45) is 3.84. The highest BCUT2D eigenvalue weighted by atomic mass is 16.6. The maximum Gasteiger partial charge on any atom is 0.270 e. The summed E-state index contributed by atoms with van der Waals surface area (Å²) in [5.74, 6) is -2.22. The van der Waals surface area contributed by atoms with Crippen LogP contribution in [0.3, 0.4) is 0 Å². The number of benzene rings is 3. The number of Topliss-reactive ketones (excluding diaryl/α,β-unsaturated/α-hetero) is 2. The van der Waals surface area contributed by atoms with Gasteiger partial charge in [-0.05, 0) is 43.2 Å². The van der Waals surface area contributed by atoms with Gasteiger partial charge in [0.15, 0.2) is 11.6 Å². The number of nitro groups is 1. The highest BCUT2D eigenvalue weighted by Gasteiger charge is 2.69. The van der Waals surface area contributed by atoms with Gasteiger partial charge in [0.05, 0.1) is 22.9 Å². The van der Waals surface area contributed by atoms with Crippen LogP contribution in [-0.2, 0) is 15.0 Å². The van der Waals surface area contributed by atoms with Crippen LogP contribution in [0.5, 0.6) is 0 Å². The number of carbonyl (C=O) groups excluding carboxylic acids is 3. The summed E-state index contributed by atoms with van der Waals surface area (Å²) >= 11 is 0. The molecule has 0 saturated carbocycles. The molecule has 4 atom stereocenters. The summed E-state index contributed by atoms with van der Waals surface area (Å²) in [5, 5.41) is 14.4. The molecule has 1 spiro atoms. The van der Waals surface area contributed by atoms with Crippen molar-refractivity contribution in [2.24, 2.45) is 5.92 Å². The molecule has 184 valence electrons. The van der Waals surface area contributed by atoms with Crippen molar-refractivity contribution in [2.45, 2.75) is 31.3 Å². The molecule has 0 aromatic heterocycles. The minimum absolute atomic E-state index is 0.0926. The number of fused-ring (bicyclic) bond motifs is 6. The molecule has 3 aromatic rings. The van der Waals surface area contributed by atoms with E-state index in [1.165, 1.54) is 31.2 Å². The van der Waals surface area contributed by atoms with Gasteiger partial charge < -0.3 is 10.2 Å². The van der Waals surface area contributed by atoms with E-state index >= 15 is 0 Å². The summed E-state index contributed by atoms with van der Waals surface area (Å²) < 4.78 is 0. The normalized spacial score (nSPS) is 24.9. The fourth-order valence-corrected chi connectivity index (χ4v) is 6.40. The quantitative estimate of drug-likeness (QED) is 0.326. The minimum Gasteiger partial charge on any atom is -0.352 e. The number of nitro benzene ring substituents is 1. The third-order valence-corrected chi connectivity index (χ3v) is 7.83. The van der Waals surface area contributed by atoms with Gasteiger partial charge in [0, 0.05) is 29.1 Å². The van der Waals surface area contributed by atoms with Crippen molar-refractivity contribution in [3.8, 4) is 0 Å². The van der Waals surface area contributed by atoms with Crippen LogP contribution >= 0.6 is 0 Å². The van der Waals surface area contributed by atoms with Crippen LogP contribution < -0.4 is 10.2 Å². The zero-order chi connectivity index (χ0) is 26.1. The van der Waals surface area contributed by atoms with E-state index in [-0.39, 0.29) is 22.9 Å². The maximum absolute atomic E-state index is 14.4. The molecule has 1 amide bonds. The third kappa shape index (κ3) is 3.05. The first-order valence-corrected chi connectivity index (χ1v) is 12.0. The van der Waals surface area contributed by atoms with E-state index in [0.717, 1.165) is 16.8 Å². The van der Waals surface area contributed by atoms with Gasteiger partial charge >= 0.3 is 0 Å². The number of hydrogen-bond donors (Lipinski definition) is 1. The molecule has 3 aliphatic heterocycles. The van der Waals surface area contributed by atoms with Crippen LogP contribution in [0.25, 0.3) is 6.08 Å². The van der Waals surface area contributed by atoms with Crippen LogP contribution in [0.4, 0.5) is 17.1 Å². The Morgan fingerprint density at radius 1 is 1.05 bits per heavy atom. The lowest BCUT2D eigenvalue weighted by molar-refractivity contribution is -0.384. The maximum atomic E-state index is 14.4. The highest BCUT2D eigenvalue weighted by Crippen LogP contribution is 2.57. The van der Waals surface area contributed by atoms with E-state index in [4.69, 9.17) is 0 Å². The summed E-state index contributed by atoms with van der Waals surface area (Å²) in [7, 11) is 0. The van der Waals surface area contributed by atoms with Gasteiger partial charge in [0.1, 0.15) is 5.41 Å². The van der Waals surface area contributed by atoms with Gasteiger partial charge in [-0.15, -0.1) is 0 Å². The van der Waals surface area contributed by atoms with Crippen molar-refractivity contribution in [1.82, 2.24) is 0 Å². The second kappa shape index (κ2) is 7.96. The average molecular weight is 494 g/mol. The zero-order valence-electron chi connectivity index (χ0n) is 20.2. The molecular weight excluding hydrogens is 470 g/mol. The predicted octanol–water partition coefficient (Wildman–Crippen LogP) is 4.47. The van der Waals surface area contributed by atoms with Crippen molar-refractivity contribution in [1.29, 1.82) is 0 Å². The van der Waals surface area contributed by atoms with E-state index in [0.29, 0.717) is 11.3 Å². The second-order valence-corrected chi connectivity index (χ2v) is 9.85. The van der Waals surface area contributed by atoms with Gasteiger partial charge in [0.25, 0.3) is 5.69 Å². The largest absolute Gasteiger partial charge is 0.352 e. The number of nitrogens with one attached hydrogen (secondary N) is 1. The van der Waals surface area contributed by atoms with E-state index < -0.39 is 34.1 Å². The average Bonchev–Trinajstić information content (AvgIpc) is 3.36. The Balaban J connectivity index is 1.64. The molecule has 1 N–H and O–H groups in total. The Morgan fingerprint density at radius 3 is 2.59 bits per heavy atom. The molecular formula is C29H23N3O5. The molecule has 0 radical (unpaired) electrons. The first-order valence-electron chi connectivity index (χ1n) is 12.0. The molecule has 0 unspecified atom stereocenters. The molecule has 1 saturated heterocycles. The number of aryl methyl sites for hydroxylation is 1. The summed E-state index contributed by atoms with van der Waals surface area (Å²) in [6.45, 7) is 3.41. The standard InChI is InChI=1S/C29H23N3O5/c1-16-10-12-23-18(14-16)11-13-24-29(21-8-3-4-9-22(21)30-28(29)35)25(26(17(2)33)31(23)24)27(34)19-6-5-7-20(15-19)32(36)37/h3-15,24-26H,1-2H3,(H,30,35)/t24-,25+,26-,29-/m1/s1. The fraction of sp³-hybridized carbons (Fsp3) is 0.207. The van der Waals surface area contributed by atoms with Crippen molar-refractivity contribution in [2.75, 3.05) is 10.2 Å². The van der Waals surface area contributed by atoms with Crippen molar-refractivity contribution in [3.05, 3.63) is 105 Å². The van der Waals surface area contributed by atoms with Crippen LogP contribution in [0.15, 0.2) is 72.8 Å². The lowest BCUT2D eigenvalue weighted by atomic mass is 9.64. The molecule has 3 aromatic carbocycles. The Morgan fingerprint density at radius 2 is 1.84 bits per heavy atom. The Bertz CT molecular complexity index is 1560. The first kappa shape index (κ1) is 22.8. The number of amides is 1. The molecule has 1 fully saturated rings. The smallest absolute Gasteiger partial charge is 0.270 e. The summed E-state index contributed by atoms with van der Waals surface area (Å²) in [4.78, 5) is 54.6. The number of anilines is 2. The SMILES string of the molecule is CC(=O)[C@@H]1[C@@H](C(=O)c2cccc([N+](=O)[O-])c2)[C@]2(C(=O)Nc3ccccc32)[C@H]2C=Cc3cc(C)ccc3N12. The van der Waals surface area contributed by atoms with Gasteiger partial charge in [-0.25, -0.2) is 0 Å². The first-order chi connectivity index (χ1) is 17.7. The highest BCUT2D eigenvalue weighted by molar-refractivity contribution is 6.16. The van der Waals surface area contributed by atoms with Crippen molar-refractivity contribution < 1.29 is 19.3 Å². The molecule has 8 heteroatoms. The van der Waals surface area contributed by atoms with Gasteiger partial charge in [0.2, 0.25) is 5.91 Å². The topological polar surface area (TPSA) is 110 Å². The minimum atomic E-state index is -1.41. The lowest BCUT2D eigenvalue weighted by Crippen LogP contribution is -2.51. The van der Waals surface area contributed by atoms with Crippen molar-refractivity contribution in [3.63, 3.8) is 0 Å². The predicted molar refractivity (Wildman–Crippen MR) is 139 cm³/mol. The number of para-hydroxylation sites is 1. The van der Waals surface area contributed by atoms with Crippen LogP contribution in [-0.4, -0.2) is 34.5 Å². The summed E-state index contributed by atoms with van der Waals surface area (Å²) in [5.41, 5.74) is 2.40. The Kier molecular flexibility index (Phi) is 4.91. The second-order valence-electron chi connectivity index (χ2n) is 9.85. The number of nitrogens with zero attached hydrogens (tertiary/aromatic N) is 2. The third-order valence-electron chi connectivity index (χ3n) is 7.83. The molecule has 0 aliphatic carbocycles.